The topological polar surface area (TPSA) is 55.9 Å². The molecule has 2 amide bonds. The minimum atomic E-state index is -0.0606. The van der Waals surface area contributed by atoms with E-state index in [1.807, 2.05) is 50.1 Å². The van der Waals surface area contributed by atoms with Gasteiger partial charge in [0, 0.05) is 36.8 Å². The molecule has 0 radical (unpaired) electrons. The Morgan fingerprint density at radius 1 is 1.06 bits per heavy atom. The zero-order chi connectivity index (χ0) is 24.8. The van der Waals surface area contributed by atoms with Crippen molar-refractivity contribution in [2.45, 2.75) is 53.6 Å². The molecule has 0 bridgehead atoms. The maximum atomic E-state index is 13.4. The number of hydrazine groups is 1. The van der Waals surface area contributed by atoms with Crippen molar-refractivity contribution in [1.29, 1.82) is 0 Å². The van der Waals surface area contributed by atoms with E-state index >= 15 is 0 Å². The van der Waals surface area contributed by atoms with Crippen molar-refractivity contribution in [3.05, 3.63) is 63.1 Å². The number of amides is 2. The van der Waals surface area contributed by atoms with Gasteiger partial charge in [-0.3, -0.25) is 14.6 Å². The smallest absolute Gasteiger partial charge is 0.256 e. The van der Waals surface area contributed by atoms with E-state index in [0.29, 0.717) is 25.6 Å². The van der Waals surface area contributed by atoms with Crippen LogP contribution < -0.4 is 10.2 Å². The SMILES string of the molecule is Cc1cc(Br)cc(C)c1N(CC(=O)NCCCC(C)C)CC(=O)N(C)N1Cc2ccccc2C1. The Balaban J connectivity index is 1.72. The molecule has 0 saturated carbocycles. The van der Waals surface area contributed by atoms with Gasteiger partial charge in [-0.2, -0.15) is 0 Å². The number of nitrogens with one attached hydrogen (secondary N) is 1. The van der Waals surface area contributed by atoms with Crippen molar-refractivity contribution in [3.8, 4) is 0 Å². The van der Waals surface area contributed by atoms with Crippen LogP contribution in [0.25, 0.3) is 0 Å². The summed E-state index contributed by atoms with van der Waals surface area (Å²) in [6.07, 6.45) is 2.04. The average molecular weight is 530 g/mol. The first-order valence-corrected chi connectivity index (χ1v) is 12.8. The summed E-state index contributed by atoms with van der Waals surface area (Å²) in [5.74, 6) is 0.517. The predicted octanol–water partition coefficient (Wildman–Crippen LogP) is 4.81. The van der Waals surface area contributed by atoms with Crippen molar-refractivity contribution in [2.24, 2.45) is 5.92 Å². The third-order valence-electron chi connectivity index (χ3n) is 6.32. The van der Waals surface area contributed by atoms with Gasteiger partial charge in [0.1, 0.15) is 0 Å². The van der Waals surface area contributed by atoms with Crippen molar-refractivity contribution < 1.29 is 9.59 Å². The highest BCUT2D eigenvalue weighted by atomic mass is 79.9. The summed E-state index contributed by atoms with van der Waals surface area (Å²) in [5.41, 5.74) is 5.50. The molecule has 0 atom stereocenters. The number of likely N-dealkylation sites (N-methyl/N-ethyl adjacent to an activating group) is 1. The maximum absolute atomic E-state index is 13.4. The maximum Gasteiger partial charge on any atom is 0.256 e. The number of nitrogens with zero attached hydrogens (tertiary/aromatic N) is 3. The van der Waals surface area contributed by atoms with Gasteiger partial charge in [-0.25, -0.2) is 5.01 Å². The van der Waals surface area contributed by atoms with Crippen LogP contribution in [-0.2, 0) is 22.7 Å². The molecule has 34 heavy (non-hydrogen) atoms. The van der Waals surface area contributed by atoms with E-state index < -0.39 is 0 Å². The van der Waals surface area contributed by atoms with E-state index in [1.54, 1.807) is 5.01 Å². The average Bonchev–Trinajstić information content (AvgIpc) is 3.19. The number of rotatable bonds is 10. The van der Waals surface area contributed by atoms with Crippen LogP contribution in [0.5, 0.6) is 0 Å². The standard InChI is InChI=1S/C27H37BrN4O2/c1-19(2)9-8-12-29-25(33)17-31(27-20(3)13-24(28)14-21(27)4)18-26(34)30(5)32-15-22-10-6-7-11-23(22)16-32/h6-7,10-11,13-14,19H,8-9,12,15-18H2,1-5H3,(H,29,33). The minimum Gasteiger partial charge on any atom is -0.355 e. The molecule has 7 heteroatoms. The number of carbonyl (C=O) groups is 2. The number of anilines is 1. The molecule has 0 unspecified atom stereocenters. The van der Waals surface area contributed by atoms with Crippen LogP contribution in [0.1, 0.15) is 48.9 Å². The third-order valence-corrected chi connectivity index (χ3v) is 6.78. The van der Waals surface area contributed by atoms with Crippen molar-refractivity contribution in [3.63, 3.8) is 0 Å². The summed E-state index contributed by atoms with van der Waals surface area (Å²) in [6, 6.07) is 12.3. The molecule has 1 heterocycles. The highest BCUT2D eigenvalue weighted by Gasteiger charge is 2.27. The largest absolute Gasteiger partial charge is 0.355 e. The molecular formula is C27H37BrN4O2. The zero-order valence-electron chi connectivity index (χ0n) is 21.0. The Hall–Kier alpha value is -2.38. The molecule has 3 rings (SSSR count). The Bertz CT molecular complexity index is 975. The summed E-state index contributed by atoms with van der Waals surface area (Å²) in [7, 11) is 1.82. The van der Waals surface area contributed by atoms with Gasteiger partial charge < -0.3 is 10.2 Å². The Morgan fingerprint density at radius 2 is 1.65 bits per heavy atom. The van der Waals surface area contributed by atoms with Gasteiger partial charge in [0.05, 0.1) is 13.1 Å². The molecule has 1 N–H and O–H groups in total. The second kappa shape index (κ2) is 11.8. The van der Waals surface area contributed by atoms with Crippen LogP contribution in [0.2, 0.25) is 0 Å². The quantitative estimate of drug-likeness (QED) is 0.449. The van der Waals surface area contributed by atoms with Crippen molar-refractivity contribution in [1.82, 2.24) is 15.3 Å². The number of hydrogen-bond acceptors (Lipinski definition) is 4. The normalized spacial score (nSPS) is 13.1. The molecule has 2 aromatic carbocycles. The van der Waals surface area contributed by atoms with Gasteiger partial charge >= 0.3 is 0 Å². The molecule has 0 fully saturated rings. The van der Waals surface area contributed by atoms with Gasteiger partial charge in [0.15, 0.2) is 0 Å². The van der Waals surface area contributed by atoms with Gasteiger partial charge in [0.2, 0.25) is 5.91 Å². The van der Waals surface area contributed by atoms with E-state index in [0.717, 1.165) is 34.1 Å². The first kappa shape index (κ1) is 26.2. The number of halogens is 1. The monoisotopic (exact) mass is 528 g/mol. The van der Waals surface area contributed by atoms with Gasteiger partial charge in [-0.1, -0.05) is 54.0 Å². The van der Waals surface area contributed by atoms with Gasteiger partial charge in [-0.15, -0.1) is 0 Å². The van der Waals surface area contributed by atoms with Crippen LogP contribution in [0.3, 0.4) is 0 Å². The molecule has 1 aliphatic rings. The number of hydrogen-bond donors (Lipinski definition) is 1. The lowest BCUT2D eigenvalue weighted by Gasteiger charge is -2.32. The highest BCUT2D eigenvalue weighted by molar-refractivity contribution is 9.10. The Kier molecular flexibility index (Phi) is 9.14. The highest BCUT2D eigenvalue weighted by Crippen LogP contribution is 2.29. The van der Waals surface area contributed by atoms with Crippen LogP contribution >= 0.6 is 15.9 Å². The van der Waals surface area contributed by atoms with Crippen molar-refractivity contribution >= 4 is 33.4 Å². The van der Waals surface area contributed by atoms with Crippen LogP contribution in [-0.4, -0.2) is 48.5 Å². The van der Waals surface area contributed by atoms with Gasteiger partial charge in [-0.05, 0) is 67.0 Å². The number of benzene rings is 2. The molecule has 1 aliphatic heterocycles. The molecule has 0 aliphatic carbocycles. The second-order valence-corrected chi connectivity index (χ2v) is 10.6. The molecule has 0 aromatic heterocycles. The fourth-order valence-electron chi connectivity index (χ4n) is 4.53. The molecule has 0 saturated heterocycles. The summed E-state index contributed by atoms with van der Waals surface area (Å²) in [5, 5.41) is 6.79. The summed E-state index contributed by atoms with van der Waals surface area (Å²) in [6.45, 7) is 10.8. The molecule has 184 valence electrons. The Labute approximate surface area is 212 Å². The fraction of sp³-hybridized carbons (Fsp3) is 0.481. The first-order chi connectivity index (χ1) is 16.2. The van der Waals surface area contributed by atoms with E-state index in [2.05, 4.69) is 52.2 Å². The van der Waals surface area contributed by atoms with Crippen LogP contribution in [0, 0.1) is 19.8 Å². The number of aryl methyl sites for hydroxylation is 2. The van der Waals surface area contributed by atoms with Crippen LogP contribution in [0.4, 0.5) is 5.69 Å². The minimum absolute atomic E-state index is 0.0397. The number of fused-ring (bicyclic) bond motifs is 1. The Morgan fingerprint density at radius 3 is 2.21 bits per heavy atom. The summed E-state index contributed by atoms with van der Waals surface area (Å²) < 4.78 is 0.989. The lowest BCUT2D eigenvalue weighted by molar-refractivity contribution is -0.145. The second-order valence-electron chi connectivity index (χ2n) is 9.64. The summed E-state index contributed by atoms with van der Waals surface area (Å²) >= 11 is 3.55. The van der Waals surface area contributed by atoms with Crippen molar-refractivity contribution in [2.75, 3.05) is 31.6 Å². The number of carbonyl (C=O) groups excluding carboxylic acids is 2. The lowest BCUT2D eigenvalue weighted by atomic mass is 10.1. The first-order valence-electron chi connectivity index (χ1n) is 12.0. The molecular weight excluding hydrogens is 492 g/mol. The van der Waals surface area contributed by atoms with Gasteiger partial charge in [0.25, 0.3) is 5.91 Å². The molecule has 2 aromatic rings. The zero-order valence-corrected chi connectivity index (χ0v) is 22.6. The predicted molar refractivity (Wildman–Crippen MR) is 141 cm³/mol. The van der Waals surface area contributed by atoms with E-state index in [1.165, 1.54) is 11.1 Å². The lowest BCUT2D eigenvalue weighted by Crippen LogP contribution is -2.48. The fourth-order valence-corrected chi connectivity index (χ4v) is 5.22. The third kappa shape index (κ3) is 6.83. The summed E-state index contributed by atoms with van der Waals surface area (Å²) in [4.78, 5) is 28.1. The molecule has 0 spiro atoms. The van der Waals surface area contributed by atoms with E-state index in [9.17, 15) is 9.59 Å². The van der Waals surface area contributed by atoms with Crippen LogP contribution in [0.15, 0.2) is 40.9 Å². The van der Waals surface area contributed by atoms with E-state index in [4.69, 9.17) is 0 Å². The molecule has 6 nitrogen and oxygen atoms in total. The van der Waals surface area contributed by atoms with E-state index in [-0.39, 0.29) is 24.9 Å².